The summed E-state index contributed by atoms with van der Waals surface area (Å²) >= 11 is 0.969. The van der Waals surface area contributed by atoms with Crippen molar-refractivity contribution in [2.75, 3.05) is 13.7 Å². The average Bonchev–Trinajstić information content (AvgIpc) is 3.07. The van der Waals surface area contributed by atoms with Gasteiger partial charge in [0.05, 0.1) is 7.11 Å². The third-order valence-corrected chi connectivity index (χ3v) is 3.93. The van der Waals surface area contributed by atoms with Crippen LogP contribution in [-0.4, -0.2) is 40.0 Å². The molecule has 2 N–H and O–H groups in total. The lowest BCUT2D eigenvalue weighted by Crippen LogP contribution is -1.99. The van der Waals surface area contributed by atoms with E-state index >= 15 is 0 Å². The maximum atomic E-state index is 11.5. The van der Waals surface area contributed by atoms with Crippen LogP contribution in [0.15, 0.2) is 28.3 Å². The highest BCUT2D eigenvalue weighted by Crippen LogP contribution is 2.31. The second kappa shape index (κ2) is 8.80. The number of rotatable bonds is 8. The van der Waals surface area contributed by atoms with Crippen LogP contribution in [0, 0.1) is 12.3 Å². The number of carboxylic acid groups (broad SMARTS) is 1. The maximum Gasteiger partial charge on any atom is 0.342 e. The lowest BCUT2D eigenvalue weighted by atomic mass is 10.2. The first-order valence-electron chi connectivity index (χ1n) is 7.35. The van der Waals surface area contributed by atoms with Crippen molar-refractivity contribution in [3.05, 3.63) is 34.5 Å². The monoisotopic (exact) mass is 359 g/mol. The van der Waals surface area contributed by atoms with Crippen LogP contribution in [0.3, 0.4) is 0 Å². The zero-order chi connectivity index (χ0) is 18.2. The summed E-state index contributed by atoms with van der Waals surface area (Å²) in [5, 5.41) is 16.5. The number of hydrogen-bond acceptors (Lipinski definition) is 6. The molecule has 0 saturated carbocycles. The van der Waals surface area contributed by atoms with E-state index in [1.54, 1.807) is 18.2 Å². The van der Waals surface area contributed by atoms with Gasteiger partial charge in [-0.3, -0.25) is 5.10 Å². The minimum absolute atomic E-state index is 0.0843. The van der Waals surface area contributed by atoms with Gasteiger partial charge in [-0.15, -0.1) is 11.5 Å². The van der Waals surface area contributed by atoms with Crippen molar-refractivity contribution in [2.24, 2.45) is 0 Å². The zero-order valence-electron chi connectivity index (χ0n) is 13.8. The molecule has 7 nitrogen and oxygen atoms in total. The number of hydrogen-bond donors (Lipinski definition) is 2. The van der Waals surface area contributed by atoms with Gasteiger partial charge in [-0.05, 0) is 35.5 Å². The Labute approximate surface area is 149 Å². The highest BCUT2D eigenvalue weighted by atomic mass is 32.2. The van der Waals surface area contributed by atoms with Crippen LogP contribution in [0.25, 0.3) is 6.08 Å². The van der Waals surface area contributed by atoms with Crippen LogP contribution in [0.2, 0.25) is 0 Å². The van der Waals surface area contributed by atoms with Gasteiger partial charge in [0.2, 0.25) is 5.16 Å². The lowest BCUT2D eigenvalue weighted by molar-refractivity contribution is -0.131. The fourth-order valence-electron chi connectivity index (χ4n) is 1.88. The van der Waals surface area contributed by atoms with Gasteiger partial charge in [-0.2, -0.15) is 0 Å². The molecule has 0 aliphatic rings. The van der Waals surface area contributed by atoms with E-state index < -0.39 is 5.97 Å². The number of aliphatic carboxylic acids is 1. The molecule has 0 aliphatic carbocycles. The van der Waals surface area contributed by atoms with Crippen LogP contribution < -0.4 is 9.47 Å². The van der Waals surface area contributed by atoms with Crippen molar-refractivity contribution in [1.82, 2.24) is 15.2 Å². The summed E-state index contributed by atoms with van der Waals surface area (Å²) in [6.45, 7) is 2.05. The third-order valence-electron chi connectivity index (χ3n) is 3.05. The predicted molar refractivity (Wildman–Crippen MR) is 94.6 cm³/mol. The van der Waals surface area contributed by atoms with Crippen molar-refractivity contribution in [2.45, 2.75) is 18.5 Å². The van der Waals surface area contributed by atoms with E-state index in [0.29, 0.717) is 34.5 Å². The summed E-state index contributed by atoms with van der Waals surface area (Å²) in [5.41, 5.74) is 0.640. The Morgan fingerprint density at radius 3 is 2.88 bits per heavy atom. The molecule has 0 aliphatic heterocycles. The number of benzene rings is 1. The van der Waals surface area contributed by atoms with Crippen LogP contribution >= 0.6 is 11.8 Å². The molecule has 0 unspecified atom stereocenters. The van der Waals surface area contributed by atoms with Gasteiger partial charge >= 0.3 is 5.97 Å². The molecule has 1 aromatic carbocycles. The van der Waals surface area contributed by atoms with Gasteiger partial charge in [0, 0.05) is 6.42 Å². The minimum Gasteiger partial charge on any atom is -0.493 e. The van der Waals surface area contributed by atoms with E-state index in [1.165, 1.54) is 13.2 Å². The Morgan fingerprint density at radius 2 is 2.28 bits per heavy atom. The second-order valence-corrected chi connectivity index (χ2v) is 5.75. The van der Waals surface area contributed by atoms with Crippen LogP contribution in [0.4, 0.5) is 0 Å². The molecule has 0 radical (unpaired) electrons. The highest BCUT2D eigenvalue weighted by Gasteiger charge is 2.14. The largest absolute Gasteiger partial charge is 0.493 e. The average molecular weight is 359 g/mol. The molecule has 2 rings (SSSR count). The number of aryl methyl sites for hydroxylation is 1. The van der Waals surface area contributed by atoms with Crippen LogP contribution in [0.1, 0.15) is 18.3 Å². The number of methoxy groups -OCH3 is 1. The molecule has 8 heteroatoms. The molecule has 0 saturated heterocycles. The first-order valence-corrected chi connectivity index (χ1v) is 8.17. The molecular formula is C17H17N3O4S. The Kier molecular flexibility index (Phi) is 6.48. The Morgan fingerprint density at radius 1 is 1.48 bits per heavy atom. The molecule has 0 fully saturated rings. The van der Waals surface area contributed by atoms with E-state index in [0.717, 1.165) is 11.8 Å². The molecule has 0 amide bonds. The SMILES string of the molecule is C#CCOc1ccc(/C=C(\Sc2n[nH]c(CC)n2)C(=O)O)cc1OC. The summed E-state index contributed by atoms with van der Waals surface area (Å²) < 4.78 is 10.6. The molecule has 130 valence electrons. The van der Waals surface area contributed by atoms with E-state index in [9.17, 15) is 9.90 Å². The predicted octanol–water partition coefficient (Wildman–Crippen LogP) is 2.61. The summed E-state index contributed by atoms with van der Waals surface area (Å²) in [4.78, 5) is 15.8. The number of ether oxygens (including phenoxy) is 2. The van der Waals surface area contributed by atoms with Gasteiger partial charge in [0.25, 0.3) is 0 Å². The number of aromatic amines is 1. The second-order valence-electron chi connectivity index (χ2n) is 4.74. The smallest absolute Gasteiger partial charge is 0.342 e. The number of nitrogens with one attached hydrogen (secondary N) is 1. The summed E-state index contributed by atoms with van der Waals surface area (Å²) in [6, 6.07) is 5.06. The molecule has 0 atom stereocenters. The van der Waals surface area contributed by atoms with Crippen molar-refractivity contribution in [3.63, 3.8) is 0 Å². The number of carbonyl (C=O) groups is 1. The number of terminal acetylenes is 1. The number of H-pyrrole nitrogens is 1. The Balaban J connectivity index is 2.27. The first-order chi connectivity index (χ1) is 12.1. The Bertz CT molecular complexity index is 824. The van der Waals surface area contributed by atoms with E-state index in [4.69, 9.17) is 15.9 Å². The van der Waals surface area contributed by atoms with Crippen molar-refractivity contribution < 1.29 is 19.4 Å². The van der Waals surface area contributed by atoms with Gasteiger partial charge < -0.3 is 14.6 Å². The van der Waals surface area contributed by atoms with Crippen molar-refractivity contribution >= 4 is 23.8 Å². The minimum atomic E-state index is -1.07. The summed E-state index contributed by atoms with van der Waals surface area (Å²) in [7, 11) is 1.50. The number of aromatic nitrogens is 3. The lowest BCUT2D eigenvalue weighted by Gasteiger charge is -2.09. The molecular weight excluding hydrogens is 342 g/mol. The quantitative estimate of drug-likeness (QED) is 0.425. The molecule has 0 spiro atoms. The Hall–Kier alpha value is -2.92. The fourth-order valence-corrected chi connectivity index (χ4v) is 2.60. The summed E-state index contributed by atoms with van der Waals surface area (Å²) in [6.07, 6.45) is 7.38. The molecule has 1 aromatic heterocycles. The number of nitrogens with zero attached hydrogens (tertiary/aromatic N) is 2. The third kappa shape index (κ3) is 5.02. The van der Waals surface area contributed by atoms with Gasteiger partial charge in [0.1, 0.15) is 17.3 Å². The zero-order valence-corrected chi connectivity index (χ0v) is 14.6. The topological polar surface area (TPSA) is 97.3 Å². The van der Waals surface area contributed by atoms with Gasteiger partial charge in [-0.25, -0.2) is 9.78 Å². The fraction of sp³-hybridized carbons (Fsp3) is 0.235. The standard InChI is InChI=1S/C17H17N3O4S/c1-4-8-24-12-7-6-11(9-13(12)23-3)10-14(16(21)22)25-17-18-15(5-2)19-20-17/h1,6-7,9-10H,5,8H2,2-3H3,(H,21,22)(H,18,19,20)/b14-10-. The number of thioether (sulfide) groups is 1. The first kappa shape index (κ1) is 18.4. The van der Waals surface area contributed by atoms with E-state index in [-0.39, 0.29) is 11.5 Å². The van der Waals surface area contributed by atoms with E-state index in [2.05, 4.69) is 21.1 Å². The molecule has 1 heterocycles. The van der Waals surface area contributed by atoms with Crippen LogP contribution in [-0.2, 0) is 11.2 Å². The maximum absolute atomic E-state index is 11.5. The van der Waals surface area contributed by atoms with E-state index in [1.807, 2.05) is 6.92 Å². The molecule has 25 heavy (non-hydrogen) atoms. The van der Waals surface area contributed by atoms with Crippen LogP contribution in [0.5, 0.6) is 11.5 Å². The molecule has 0 bridgehead atoms. The normalized spacial score (nSPS) is 11.0. The van der Waals surface area contributed by atoms with Gasteiger partial charge in [0.15, 0.2) is 11.5 Å². The van der Waals surface area contributed by atoms with Crippen molar-refractivity contribution in [3.8, 4) is 23.8 Å². The summed E-state index contributed by atoms with van der Waals surface area (Å²) in [5.74, 6) is 2.96. The van der Waals surface area contributed by atoms with Crippen molar-refractivity contribution in [1.29, 1.82) is 0 Å². The number of carboxylic acids is 1. The van der Waals surface area contributed by atoms with Gasteiger partial charge in [-0.1, -0.05) is 18.9 Å². The highest BCUT2D eigenvalue weighted by molar-refractivity contribution is 8.04. The molecule has 2 aromatic rings.